The number of esters is 1. The number of nitrogens with zero attached hydrogens (tertiary/aromatic N) is 3. The molecule has 0 aliphatic heterocycles. The average molecular weight is 473 g/mol. The molecule has 0 radical (unpaired) electrons. The lowest BCUT2D eigenvalue weighted by molar-refractivity contribution is -0.147. The number of ether oxygens (including phenoxy) is 1. The number of hydrogen-bond acceptors (Lipinski definition) is 6. The monoisotopic (exact) mass is 473 g/mol. The van der Waals surface area contributed by atoms with Crippen LogP contribution >= 0.6 is 0 Å². The lowest BCUT2D eigenvalue weighted by Crippen LogP contribution is -2.31. The third kappa shape index (κ3) is 6.53. The van der Waals surface area contributed by atoms with Gasteiger partial charge in [0.25, 0.3) is 5.91 Å². The Morgan fingerprint density at radius 3 is 2.50 bits per heavy atom. The summed E-state index contributed by atoms with van der Waals surface area (Å²) in [6, 6.07) is 12.9. The van der Waals surface area contributed by atoms with Crippen molar-refractivity contribution in [2.24, 2.45) is 5.10 Å². The first kappa shape index (κ1) is 24.7. The minimum atomic E-state index is -4.60. The first-order valence-corrected chi connectivity index (χ1v) is 10.3. The van der Waals surface area contributed by atoms with E-state index in [1.807, 2.05) is 0 Å². The molecule has 0 atom stereocenters. The van der Waals surface area contributed by atoms with Crippen molar-refractivity contribution in [3.63, 3.8) is 0 Å². The summed E-state index contributed by atoms with van der Waals surface area (Å²) in [4.78, 5) is 25.0. The summed E-state index contributed by atoms with van der Waals surface area (Å²) in [5.41, 5.74) is 1.02. The van der Waals surface area contributed by atoms with Crippen molar-refractivity contribution in [2.75, 3.05) is 11.6 Å². The highest BCUT2D eigenvalue weighted by atomic mass is 19.4. The largest absolute Gasteiger partial charge is 0.455 e. The number of aromatic nitrogens is 1. The first-order chi connectivity index (χ1) is 16.1. The predicted octanol–water partition coefficient (Wildman–Crippen LogP) is 4.85. The van der Waals surface area contributed by atoms with E-state index in [0.717, 1.165) is 22.7 Å². The number of amides is 1. The molecule has 178 valence electrons. The summed E-state index contributed by atoms with van der Waals surface area (Å²) >= 11 is 0. The van der Waals surface area contributed by atoms with Crippen LogP contribution in [0.15, 0.2) is 64.2 Å². The normalized spacial score (nSPS) is 11.6. The third-order valence-electron chi connectivity index (χ3n) is 4.89. The standard InChI is InChI=1S/C24H22F3N3O4/c1-16-21(17(2)34-29-16)11-12-23(32)33-15-22(31)30(28-14-18-7-4-3-5-8-18)20-10-6-9-19(13-20)24(25,26)27/h3-10,13-14H,11-12,15H2,1-2H3/b28-14+. The SMILES string of the molecule is Cc1noc(C)c1CCC(=O)OCC(=O)N(/N=C/c1ccccc1)c1cccc(C(F)(F)F)c1. The first-order valence-electron chi connectivity index (χ1n) is 10.3. The molecule has 0 N–H and O–H groups in total. The van der Waals surface area contributed by atoms with Crippen LogP contribution in [-0.2, 0) is 26.9 Å². The maximum Gasteiger partial charge on any atom is 0.416 e. The Hall–Kier alpha value is -3.95. The number of hydrogen-bond donors (Lipinski definition) is 0. The molecule has 10 heteroatoms. The Morgan fingerprint density at radius 1 is 1.12 bits per heavy atom. The molecule has 3 rings (SSSR count). The van der Waals surface area contributed by atoms with E-state index in [4.69, 9.17) is 9.26 Å². The molecule has 0 bridgehead atoms. The molecule has 0 unspecified atom stereocenters. The van der Waals surface area contributed by atoms with Gasteiger partial charge in [0.1, 0.15) is 5.76 Å². The maximum absolute atomic E-state index is 13.2. The Morgan fingerprint density at radius 2 is 1.85 bits per heavy atom. The van der Waals surface area contributed by atoms with Crippen molar-refractivity contribution in [2.45, 2.75) is 32.9 Å². The van der Waals surface area contributed by atoms with Crippen LogP contribution in [0, 0.1) is 13.8 Å². The van der Waals surface area contributed by atoms with Crippen molar-refractivity contribution in [1.82, 2.24) is 5.16 Å². The molecule has 0 spiro atoms. The molecule has 0 aliphatic rings. The van der Waals surface area contributed by atoms with Crippen molar-refractivity contribution in [1.29, 1.82) is 0 Å². The van der Waals surface area contributed by atoms with Crippen LogP contribution in [0.25, 0.3) is 0 Å². The molecule has 2 aromatic carbocycles. The Bertz CT molecular complexity index is 1150. The van der Waals surface area contributed by atoms with Gasteiger partial charge < -0.3 is 9.26 Å². The van der Waals surface area contributed by atoms with E-state index in [1.165, 1.54) is 18.3 Å². The molecule has 1 heterocycles. The smallest absolute Gasteiger partial charge is 0.416 e. The van der Waals surface area contributed by atoms with E-state index in [9.17, 15) is 22.8 Å². The third-order valence-corrected chi connectivity index (χ3v) is 4.89. The number of aryl methyl sites for hydroxylation is 2. The van der Waals surface area contributed by atoms with Gasteiger partial charge in [-0.25, -0.2) is 0 Å². The molecular weight excluding hydrogens is 451 g/mol. The Labute approximate surface area is 193 Å². The van der Waals surface area contributed by atoms with E-state index < -0.39 is 30.2 Å². The fourth-order valence-electron chi connectivity index (χ4n) is 3.11. The second-order valence-electron chi connectivity index (χ2n) is 7.37. The van der Waals surface area contributed by atoms with Gasteiger partial charge >= 0.3 is 12.1 Å². The van der Waals surface area contributed by atoms with Gasteiger partial charge in [-0.3, -0.25) is 9.59 Å². The lowest BCUT2D eigenvalue weighted by Gasteiger charge is -2.18. The summed E-state index contributed by atoms with van der Waals surface area (Å²) in [6.07, 6.45) is -2.97. The van der Waals surface area contributed by atoms with Crippen LogP contribution in [0.2, 0.25) is 0 Å². The molecule has 7 nitrogen and oxygen atoms in total. The Kier molecular flexibility index (Phi) is 7.83. The topological polar surface area (TPSA) is 85.0 Å². The number of rotatable bonds is 8. The molecule has 34 heavy (non-hydrogen) atoms. The summed E-state index contributed by atoms with van der Waals surface area (Å²) in [5.74, 6) is -0.867. The summed E-state index contributed by atoms with van der Waals surface area (Å²) in [6.45, 7) is 2.78. The molecule has 1 amide bonds. The van der Waals surface area contributed by atoms with Gasteiger partial charge in [-0.05, 0) is 44.0 Å². The van der Waals surface area contributed by atoms with Crippen molar-refractivity contribution >= 4 is 23.8 Å². The van der Waals surface area contributed by atoms with Gasteiger partial charge in [0.2, 0.25) is 0 Å². The van der Waals surface area contributed by atoms with Crippen LogP contribution in [0.5, 0.6) is 0 Å². The highest BCUT2D eigenvalue weighted by Crippen LogP contribution is 2.31. The van der Waals surface area contributed by atoms with Crippen molar-refractivity contribution in [3.05, 3.63) is 82.7 Å². The van der Waals surface area contributed by atoms with E-state index >= 15 is 0 Å². The number of halogens is 3. The fraction of sp³-hybridized carbons (Fsp3) is 0.250. The van der Waals surface area contributed by atoms with Crippen LogP contribution in [0.3, 0.4) is 0 Å². The quantitative estimate of drug-likeness (QED) is 0.265. The van der Waals surface area contributed by atoms with Crippen LogP contribution in [0.1, 0.15) is 34.6 Å². The van der Waals surface area contributed by atoms with Gasteiger partial charge in [0.15, 0.2) is 6.61 Å². The van der Waals surface area contributed by atoms with Gasteiger partial charge in [-0.15, -0.1) is 0 Å². The molecule has 0 fully saturated rings. The van der Waals surface area contributed by atoms with E-state index in [-0.39, 0.29) is 12.1 Å². The zero-order valence-electron chi connectivity index (χ0n) is 18.5. The van der Waals surface area contributed by atoms with Crippen LogP contribution < -0.4 is 5.01 Å². The molecule has 3 aromatic rings. The second-order valence-corrected chi connectivity index (χ2v) is 7.37. The minimum Gasteiger partial charge on any atom is -0.455 e. The van der Waals surface area contributed by atoms with E-state index in [0.29, 0.717) is 23.4 Å². The molecule has 1 aromatic heterocycles. The van der Waals surface area contributed by atoms with Crippen LogP contribution in [-0.4, -0.2) is 29.9 Å². The van der Waals surface area contributed by atoms with Crippen LogP contribution in [0.4, 0.5) is 18.9 Å². The van der Waals surface area contributed by atoms with Gasteiger partial charge in [-0.1, -0.05) is 41.6 Å². The molecule has 0 saturated carbocycles. The lowest BCUT2D eigenvalue weighted by atomic mass is 10.1. The van der Waals surface area contributed by atoms with Gasteiger partial charge in [-0.2, -0.15) is 23.3 Å². The minimum absolute atomic E-state index is 0.0208. The summed E-state index contributed by atoms with van der Waals surface area (Å²) in [7, 11) is 0. The van der Waals surface area contributed by atoms with Crippen molar-refractivity contribution in [3.8, 4) is 0 Å². The van der Waals surface area contributed by atoms with E-state index in [2.05, 4.69) is 10.3 Å². The summed E-state index contributed by atoms with van der Waals surface area (Å²) in [5, 5.41) is 8.65. The molecule has 0 saturated heterocycles. The predicted molar refractivity (Wildman–Crippen MR) is 118 cm³/mol. The highest BCUT2D eigenvalue weighted by Gasteiger charge is 2.31. The summed E-state index contributed by atoms with van der Waals surface area (Å²) < 4.78 is 49.6. The van der Waals surface area contributed by atoms with Gasteiger partial charge in [0, 0.05) is 12.0 Å². The van der Waals surface area contributed by atoms with Gasteiger partial charge in [0.05, 0.1) is 23.2 Å². The zero-order chi connectivity index (χ0) is 24.7. The van der Waals surface area contributed by atoms with E-state index in [1.54, 1.807) is 44.2 Å². The number of anilines is 1. The molecule has 0 aliphatic carbocycles. The Balaban J connectivity index is 1.73. The average Bonchev–Trinajstić information content (AvgIpc) is 3.13. The zero-order valence-corrected chi connectivity index (χ0v) is 18.5. The number of carbonyl (C=O) groups excluding carboxylic acids is 2. The van der Waals surface area contributed by atoms with Crippen molar-refractivity contribution < 1.29 is 32.0 Å². The second kappa shape index (κ2) is 10.8. The fourth-order valence-corrected chi connectivity index (χ4v) is 3.11. The highest BCUT2D eigenvalue weighted by molar-refractivity contribution is 5.96. The molecular formula is C24H22F3N3O4. The number of benzene rings is 2. The number of hydrazone groups is 1. The maximum atomic E-state index is 13.2. The number of carbonyl (C=O) groups is 2. The number of alkyl halides is 3.